The van der Waals surface area contributed by atoms with E-state index in [1.54, 1.807) is 66.7 Å². The molecule has 0 radical (unpaired) electrons. The molecule has 0 saturated heterocycles. The lowest BCUT2D eigenvalue weighted by molar-refractivity contribution is -0.117. The molecule has 0 spiro atoms. The van der Waals surface area contributed by atoms with Crippen molar-refractivity contribution in [2.24, 2.45) is 0 Å². The van der Waals surface area contributed by atoms with Crippen molar-refractivity contribution in [3.63, 3.8) is 0 Å². The molecule has 4 aromatic rings. The first kappa shape index (κ1) is 21.3. The zero-order chi connectivity index (χ0) is 22.5. The molecule has 0 aliphatic carbocycles. The summed E-state index contributed by atoms with van der Waals surface area (Å²) < 4.78 is 12.3. The predicted molar refractivity (Wildman–Crippen MR) is 122 cm³/mol. The molecule has 8 nitrogen and oxygen atoms in total. The Hall–Kier alpha value is -3.91. The van der Waals surface area contributed by atoms with E-state index in [0.717, 1.165) is 10.4 Å². The van der Waals surface area contributed by atoms with Crippen LogP contribution in [0, 0.1) is 0 Å². The van der Waals surface area contributed by atoms with Crippen molar-refractivity contribution in [3.05, 3.63) is 82.1 Å². The van der Waals surface area contributed by atoms with Gasteiger partial charge in [0.1, 0.15) is 23.6 Å². The molecule has 1 amide bonds. The van der Waals surface area contributed by atoms with E-state index in [-0.39, 0.29) is 6.54 Å². The molecular weight excluding hydrogens is 432 g/mol. The molecule has 4 rings (SSSR count). The normalized spacial score (nSPS) is 10.7. The summed E-state index contributed by atoms with van der Waals surface area (Å²) >= 11 is 6.11. The lowest BCUT2D eigenvalue weighted by Crippen LogP contribution is -2.30. The highest BCUT2D eigenvalue weighted by Gasteiger charge is 2.13. The van der Waals surface area contributed by atoms with Crippen LogP contribution in [0.2, 0.25) is 5.02 Å². The van der Waals surface area contributed by atoms with Crippen LogP contribution in [0.25, 0.3) is 10.9 Å². The van der Waals surface area contributed by atoms with Gasteiger partial charge in [-0.2, -0.15) is 0 Å². The van der Waals surface area contributed by atoms with Gasteiger partial charge in [-0.05, 0) is 61.5 Å². The zero-order valence-corrected chi connectivity index (χ0v) is 17.9. The monoisotopic (exact) mass is 450 g/mol. The molecule has 9 heteroatoms. The summed E-state index contributed by atoms with van der Waals surface area (Å²) in [6.45, 7) is 2.16. The number of amides is 1. The second kappa shape index (κ2) is 9.49. The van der Waals surface area contributed by atoms with Crippen molar-refractivity contribution in [2.75, 3.05) is 11.9 Å². The van der Waals surface area contributed by atoms with Gasteiger partial charge in [0.15, 0.2) is 5.75 Å². The first-order chi connectivity index (χ1) is 15.5. The first-order valence-electron chi connectivity index (χ1n) is 9.86. The Morgan fingerprint density at radius 1 is 1.06 bits per heavy atom. The molecule has 0 bridgehead atoms. The number of carbonyl (C=O) groups excluding carboxylic acids is 1. The van der Waals surface area contributed by atoms with E-state index in [9.17, 15) is 9.59 Å². The molecule has 0 aliphatic rings. The van der Waals surface area contributed by atoms with Crippen LogP contribution in [-0.2, 0) is 11.3 Å². The van der Waals surface area contributed by atoms with Gasteiger partial charge in [-0.3, -0.25) is 9.59 Å². The summed E-state index contributed by atoms with van der Waals surface area (Å²) in [5.74, 6) is 1.20. The number of fused-ring (bicyclic) bond motifs is 1. The van der Waals surface area contributed by atoms with E-state index >= 15 is 0 Å². The molecule has 32 heavy (non-hydrogen) atoms. The minimum Gasteiger partial charge on any atom is -0.494 e. The Balaban J connectivity index is 1.52. The van der Waals surface area contributed by atoms with Gasteiger partial charge in [-0.15, -0.1) is 5.10 Å². The van der Waals surface area contributed by atoms with Crippen LogP contribution >= 0.6 is 11.6 Å². The van der Waals surface area contributed by atoms with Gasteiger partial charge in [0.25, 0.3) is 5.56 Å². The molecule has 1 heterocycles. The summed E-state index contributed by atoms with van der Waals surface area (Å²) in [6, 6.07) is 18.8. The maximum Gasteiger partial charge on any atom is 0.278 e. The highest BCUT2D eigenvalue weighted by atomic mass is 35.5. The number of rotatable bonds is 7. The number of carbonyl (C=O) groups is 1. The third kappa shape index (κ3) is 4.87. The summed E-state index contributed by atoms with van der Waals surface area (Å²) in [5, 5.41) is 11.4. The van der Waals surface area contributed by atoms with E-state index in [4.69, 9.17) is 21.1 Å². The SMILES string of the molecule is CCOc1ccc(Oc2ccc(Cl)cc2NC(=O)Cn2nnc3ccccc3c2=O)cc1. The summed E-state index contributed by atoms with van der Waals surface area (Å²) in [6.07, 6.45) is 0. The Morgan fingerprint density at radius 3 is 2.59 bits per heavy atom. The largest absolute Gasteiger partial charge is 0.494 e. The Kier molecular flexibility index (Phi) is 6.32. The van der Waals surface area contributed by atoms with Crippen LogP contribution in [0.5, 0.6) is 17.2 Å². The van der Waals surface area contributed by atoms with Crippen molar-refractivity contribution in [2.45, 2.75) is 13.5 Å². The molecule has 162 valence electrons. The van der Waals surface area contributed by atoms with Crippen LogP contribution in [-0.4, -0.2) is 27.5 Å². The van der Waals surface area contributed by atoms with Crippen LogP contribution in [0.3, 0.4) is 0 Å². The van der Waals surface area contributed by atoms with E-state index in [1.807, 2.05) is 6.92 Å². The zero-order valence-electron chi connectivity index (χ0n) is 17.1. The van der Waals surface area contributed by atoms with Gasteiger partial charge in [-0.1, -0.05) is 28.9 Å². The smallest absolute Gasteiger partial charge is 0.278 e. The van der Waals surface area contributed by atoms with Crippen molar-refractivity contribution in [1.82, 2.24) is 15.0 Å². The standard InChI is InChI=1S/C23H19ClN4O4/c1-2-31-16-8-10-17(11-9-16)32-21-12-7-15(24)13-20(21)25-22(29)14-28-23(30)18-5-3-4-6-19(18)26-27-28/h3-13H,2,14H2,1H3,(H,25,29). The molecular formula is C23H19ClN4O4. The lowest BCUT2D eigenvalue weighted by atomic mass is 10.2. The molecule has 0 atom stereocenters. The highest BCUT2D eigenvalue weighted by molar-refractivity contribution is 6.31. The minimum absolute atomic E-state index is 0.314. The summed E-state index contributed by atoms with van der Waals surface area (Å²) in [5.41, 5.74) is 0.427. The van der Waals surface area contributed by atoms with E-state index in [0.29, 0.717) is 39.7 Å². The van der Waals surface area contributed by atoms with Gasteiger partial charge in [0.05, 0.1) is 17.7 Å². The van der Waals surface area contributed by atoms with E-state index in [1.165, 1.54) is 0 Å². The molecule has 0 aliphatic heterocycles. The van der Waals surface area contributed by atoms with Gasteiger partial charge in [0.2, 0.25) is 5.91 Å². The number of hydrogen-bond donors (Lipinski definition) is 1. The summed E-state index contributed by atoms with van der Waals surface area (Å²) in [7, 11) is 0. The number of hydrogen-bond acceptors (Lipinski definition) is 6. The van der Waals surface area contributed by atoms with Crippen molar-refractivity contribution in [1.29, 1.82) is 0 Å². The number of benzene rings is 3. The molecule has 1 aromatic heterocycles. The molecule has 1 N–H and O–H groups in total. The lowest BCUT2D eigenvalue weighted by Gasteiger charge is -2.13. The van der Waals surface area contributed by atoms with Gasteiger partial charge in [-0.25, -0.2) is 4.68 Å². The number of aromatic nitrogens is 3. The van der Waals surface area contributed by atoms with E-state index in [2.05, 4.69) is 15.6 Å². The predicted octanol–water partition coefficient (Wildman–Crippen LogP) is 4.27. The number of nitrogens with one attached hydrogen (secondary N) is 1. The third-order valence-electron chi connectivity index (χ3n) is 4.50. The average molecular weight is 451 g/mol. The number of halogens is 1. The number of nitrogens with zero attached hydrogens (tertiary/aromatic N) is 3. The second-order valence-corrected chi connectivity index (χ2v) is 7.20. The fraction of sp³-hybridized carbons (Fsp3) is 0.130. The first-order valence-corrected chi connectivity index (χ1v) is 10.2. The summed E-state index contributed by atoms with van der Waals surface area (Å²) in [4.78, 5) is 25.2. The van der Waals surface area contributed by atoms with Gasteiger partial charge < -0.3 is 14.8 Å². The molecule has 0 saturated carbocycles. The van der Waals surface area contributed by atoms with Crippen LogP contribution in [0.15, 0.2) is 71.5 Å². The fourth-order valence-electron chi connectivity index (χ4n) is 3.04. The van der Waals surface area contributed by atoms with Crippen LogP contribution in [0.4, 0.5) is 5.69 Å². The quantitative estimate of drug-likeness (QED) is 0.451. The minimum atomic E-state index is -0.476. The molecule has 3 aromatic carbocycles. The Morgan fingerprint density at radius 2 is 1.81 bits per heavy atom. The van der Waals surface area contributed by atoms with E-state index < -0.39 is 11.5 Å². The average Bonchev–Trinajstić information content (AvgIpc) is 2.79. The van der Waals surface area contributed by atoms with Crippen molar-refractivity contribution >= 4 is 34.1 Å². The van der Waals surface area contributed by atoms with Crippen LogP contribution in [0.1, 0.15) is 6.92 Å². The molecule has 0 fully saturated rings. The van der Waals surface area contributed by atoms with Crippen molar-refractivity contribution in [3.8, 4) is 17.2 Å². The number of ether oxygens (including phenoxy) is 2. The van der Waals surface area contributed by atoms with Gasteiger partial charge >= 0.3 is 0 Å². The Bertz CT molecular complexity index is 1320. The maximum atomic E-state index is 12.6. The highest BCUT2D eigenvalue weighted by Crippen LogP contribution is 2.32. The van der Waals surface area contributed by atoms with Gasteiger partial charge in [0, 0.05) is 5.02 Å². The van der Waals surface area contributed by atoms with Crippen LogP contribution < -0.4 is 20.3 Å². The number of anilines is 1. The van der Waals surface area contributed by atoms with Crippen molar-refractivity contribution < 1.29 is 14.3 Å². The topological polar surface area (TPSA) is 95.3 Å². The fourth-order valence-corrected chi connectivity index (χ4v) is 3.21. The molecule has 0 unspecified atom stereocenters. The second-order valence-electron chi connectivity index (χ2n) is 6.76. The Labute approximate surface area is 188 Å². The third-order valence-corrected chi connectivity index (χ3v) is 4.74. The maximum absolute atomic E-state index is 12.6.